The summed E-state index contributed by atoms with van der Waals surface area (Å²) in [5.74, 6) is -0.325. The van der Waals surface area contributed by atoms with Crippen molar-refractivity contribution < 1.29 is 9.59 Å². The molecule has 0 heterocycles. The van der Waals surface area contributed by atoms with Gasteiger partial charge < -0.3 is 10.6 Å². The summed E-state index contributed by atoms with van der Waals surface area (Å²) < 4.78 is 0. The predicted molar refractivity (Wildman–Crippen MR) is 92.6 cm³/mol. The summed E-state index contributed by atoms with van der Waals surface area (Å²) in [6.07, 6.45) is 0. The van der Waals surface area contributed by atoms with Crippen LogP contribution in [0.1, 0.15) is 17.3 Å². The zero-order chi connectivity index (χ0) is 16.2. The van der Waals surface area contributed by atoms with Crippen molar-refractivity contribution in [2.75, 3.05) is 10.6 Å². The molecule has 4 heteroatoms. The van der Waals surface area contributed by atoms with Gasteiger partial charge in [-0.1, -0.05) is 36.4 Å². The molecule has 0 saturated heterocycles. The van der Waals surface area contributed by atoms with Gasteiger partial charge in [-0.2, -0.15) is 0 Å². The van der Waals surface area contributed by atoms with Gasteiger partial charge in [0.2, 0.25) is 5.91 Å². The molecule has 0 fully saturated rings. The Hall–Kier alpha value is -3.14. The monoisotopic (exact) mass is 304 g/mol. The molecule has 0 aromatic heterocycles. The van der Waals surface area contributed by atoms with Crippen LogP contribution in [0.25, 0.3) is 10.8 Å². The van der Waals surface area contributed by atoms with Crippen molar-refractivity contribution in [1.29, 1.82) is 0 Å². The third kappa shape index (κ3) is 3.37. The number of carbonyl (C=O) groups is 2. The van der Waals surface area contributed by atoms with Gasteiger partial charge in [0, 0.05) is 29.2 Å². The second-order valence-corrected chi connectivity index (χ2v) is 5.24. The van der Waals surface area contributed by atoms with E-state index < -0.39 is 0 Å². The third-order valence-corrected chi connectivity index (χ3v) is 3.51. The molecule has 0 unspecified atom stereocenters. The van der Waals surface area contributed by atoms with Crippen LogP contribution in [0, 0.1) is 0 Å². The van der Waals surface area contributed by atoms with E-state index in [0.29, 0.717) is 11.3 Å². The SMILES string of the molecule is CC(=O)Nc1ccc(C(=O)Nc2cccc3ccccc23)cc1. The van der Waals surface area contributed by atoms with Crippen LogP contribution in [0.2, 0.25) is 0 Å². The first kappa shape index (κ1) is 14.8. The van der Waals surface area contributed by atoms with Crippen LogP contribution in [0.3, 0.4) is 0 Å². The molecule has 0 aliphatic carbocycles. The lowest BCUT2D eigenvalue weighted by Crippen LogP contribution is -2.12. The van der Waals surface area contributed by atoms with Gasteiger partial charge in [0.25, 0.3) is 5.91 Å². The Morgan fingerprint density at radius 3 is 2.22 bits per heavy atom. The van der Waals surface area contributed by atoms with Crippen molar-refractivity contribution in [3.8, 4) is 0 Å². The van der Waals surface area contributed by atoms with Crippen LogP contribution in [0.15, 0.2) is 66.7 Å². The van der Waals surface area contributed by atoms with Crippen LogP contribution in [0.5, 0.6) is 0 Å². The Morgan fingerprint density at radius 2 is 1.48 bits per heavy atom. The maximum atomic E-state index is 12.4. The lowest BCUT2D eigenvalue weighted by molar-refractivity contribution is -0.114. The summed E-state index contributed by atoms with van der Waals surface area (Å²) in [5.41, 5.74) is 1.98. The first-order valence-electron chi connectivity index (χ1n) is 7.30. The number of amides is 2. The maximum absolute atomic E-state index is 12.4. The molecule has 3 aromatic carbocycles. The summed E-state index contributed by atoms with van der Waals surface area (Å²) in [7, 11) is 0. The summed E-state index contributed by atoms with van der Waals surface area (Å²) in [6, 6.07) is 20.5. The summed E-state index contributed by atoms with van der Waals surface area (Å²) >= 11 is 0. The lowest BCUT2D eigenvalue weighted by atomic mass is 10.1. The zero-order valence-corrected chi connectivity index (χ0v) is 12.7. The smallest absolute Gasteiger partial charge is 0.255 e. The molecule has 0 bridgehead atoms. The number of hydrogen-bond acceptors (Lipinski definition) is 2. The fourth-order valence-corrected chi connectivity index (χ4v) is 2.44. The van der Waals surface area contributed by atoms with Crippen LogP contribution in [-0.2, 0) is 4.79 Å². The normalized spacial score (nSPS) is 10.3. The molecule has 3 rings (SSSR count). The Balaban J connectivity index is 1.82. The van der Waals surface area contributed by atoms with Crippen molar-refractivity contribution in [2.24, 2.45) is 0 Å². The van der Waals surface area contributed by atoms with Gasteiger partial charge in [-0.15, -0.1) is 0 Å². The Morgan fingerprint density at radius 1 is 0.783 bits per heavy atom. The molecule has 4 nitrogen and oxygen atoms in total. The zero-order valence-electron chi connectivity index (χ0n) is 12.7. The largest absolute Gasteiger partial charge is 0.326 e. The predicted octanol–water partition coefficient (Wildman–Crippen LogP) is 4.05. The van der Waals surface area contributed by atoms with Crippen LogP contribution < -0.4 is 10.6 Å². The van der Waals surface area contributed by atoms with Gasteiger partial charge in [0.05, 0.1) is 0 Å². The quantitative estimate of drug-likeness (QED) is 0.767. The van der Waals surface area contributed by atoms with E-state index in [-0.39, 0.29) is 11.8 Å². The first-order chi connectivity index (χ1) is 11.1. The number of nitrogens with one attached hydrogen (secondary N) is 2. The van der Waals surface area contributed by atoms with Crippen molar-refractivity contribution >= 4 is 34.0 Å². The molecule has 0 aliphatic heterocycles. The number of rotatable bonds is 3. The van der Waals surface area contributed by atoms with Gasteiger partial charge in [-0.25, -0.2) is 0 Å². The molecule has 0 aliphatic rings. The second kappa shape index (κ2) is 6.32. The van der Waals surface area contributed by atoms with E-state index in [1.807, 2.05) is 42.5 Å². The highest BCUT2D eigenvalue weighted by Crippen LogP contribution is 2.23. The Kier molecular flexibility index (Phi) is 4.06. The molecule has 0 spiro atoms. The fraction of sp³-hybridized carbons (Fsp3) is 0.0526. The first-order valence-corrected chi connectivity index (χ1v) is 7.30. The number of fused-ring (bicyclic) bond motifs is 1. The van der Waals surface area contributed by atoms with Crippen molar-refractivity contribution in [3.63, 3.8) is 0 Å². The van der Waals surface area contributed by atoms with E-state index in [1.54, 1.807) is 24.3 Å². The Labute approximate surface area is 134 Å². The average molecular weight is 304 g/mol. The molecule has 114 valence electrons. The molecular weight excluding hydrogens is 288 g/mol. The number of benzene rings is 3. The molecule has 2 amide bonds. The van der Waals surface area contributed by atoms with Gasteiger partial charge in [0.1, 0.15) is 0 Å². The molecule has 23 heavy (non-hydrogen) atoms. The topological polar surface area (TPSA) is 58.2 Å². The van der Waals surface area contributed by atoms with Crippen molar-refractivity contribution in [1.82, 2.24) is 0 Å². The molecule has 2 N–H and O–H groups in total. The summed E-state index contributed by atoms with van der Waals surface area (Å²) in [4.78, 5) is 23.4. The van der Waals surface area contributed by atoms with Gasteiger partial charge >= 0.3 is 0 Å². The second-order valence-electron chi connectivity index (χ2n) is 5.24. The number of anilines is 2. The van der Waals surface area contributed by atoms with Crippen molar-refractivity contribution in [2.45, 2.75) is 6.92 Å². The minimum Gasteiger partial charge on any atom is -0.326 e. The Bertz CT molecular complexity index is 865. The van der Waals surface area contributed by atoms with Gasteiger partial charge in [0.15, 0.2) is 0 Å². The fourth-order valence-electron chi connectivity index (χ4n) is 2.44. The van der Waals surface area contributed by atoms with Crippen molar-refractivity contribution in [3.05, 3.63) is 72.3 Å². The van der Waals surface area contributed by atoms with Crippen LogP contribution in [0.4, 0.5) is 11.4 Å². The molecule has 0 radical (unpaired) electrons. The molecule has 0 atom stereocenters. The molecule has 0 saturated carbocycles. The number of hydrogen-bond donors (Lipinski definition) is 2. The van der Waals surface area contributed by atoms with E-state index in [2.05, 4.69) is 10.6 Å². The highest BCUT2D eigenvalue weighted by Gasteiger charge is 2.08. The van der Waals surface area contributed by atoms with E-state index >= 15 is 0 Å². The van der Waals surface area contributed by atoms with Gasteiger partial charge in [-0.05, 0) is 35.7 Å². The number of carbonyl (C=O) groups excluding carboxylic acids is 2. The standard InChI is InChI=1S/C19H16N2O2/c1-13(22)20-16-11-9-15(10-12-16)19(23)21-18-8-4-6-14-5-2-3-7-17(14)18/h2-12H,1H3,(H,20,22)(H,21,23). The summed E-state index contributed by atoms with van der Waals surface area (Å²) in [5, 5.41) is 7.68. The highest BCUT2D eigenvalue weighted by atomic mass is 16.2. The lowest BCUT2D eigenvalue weighted by Gasteiger charge is -2.09. The minimum atomic E-state index is -0.185. The van der Waals surface area contributed by atoms with E-state index in [4.69, 9.17) is 0 Å². The van der Waals surface area contributed by atoms with E-state index in [1.165, 1.54) is 6.92 Å². The molecular formula is C19H16N2O2. The van der Waals surface area contributed by atoms with Gasteiger partial charge in [-0.3, -0.25) is 9.59 Å². The van der Waals surface area contributed by atoms with E-state index in [9.17, 15) is 9.59 Å². The minimum absolute atomic E-state index is 0.141. The highest BCUT2D eigenvalue weighted by molar-refractivity contribution is 6.09. The molecule has 3 aromatic rings. The van der Waals surface area contributed by atoms with Crippen LogP contribution in [-0.4, -0.2) is 11.8 Å². The van der Waals surface area contributed by atoms with E-state index in [0.717, 1.165) is 16.5 Å². The summed E-state index contributed by atoms with van der Waals surface area (Å²) in [6.45, 7) is 1.45. The maximum Gasteiger partial charge on any atom is 0.255 e. The third-order valence-electron chi connectivity index (χ3n) is 3.51. The average Bonchev–Trinajstić information content (AvgIpc) is 2.55. The van der Waals surface area contributed by atoms with Crippen LogP contribution >= 0.6 is 0 Å².